The van der Waals surface area contributed by atoms with Crippen LogP contribution in [0.15, 0.2) is 47.4 Å². The van der Waals surface area contributed by atoms with Gasteiger partial charge in [-0.2, -0.15) is 4.31 Å². The zero-order valence-corrected chi connectivity index (χ0v) is 16.1. The van der Waals surface area contributed by atoms with Crippen LogP contribution in [0.25, 0.3) is 0 Å². The number of aryl methyl sites for hydroxylation is 2. The maximum Gasteiger partial charge on any atom is 0.246 e. The second-order valence-electron chi connectivity index (χ2n) is 6.89. The molecule has 0 saturated carbocycles. The topological polar surface area (TPSA) is 40.6 Å². The number of hydrogen-bond acceptors (Lipinski definition) is 3. The highest BCUT2D eigenvalue weighted by Crippen LogP contribution is 2.22. The molecule has 1 saturated heterocycles. The van der Waals surface area contributed by atoms with E-state index in [4.69, 9.17) is 0 Å². The van der Waals surface area contributed by atoms with Gasteiger partial charge in [0.1, 0.15) is 10.7 Å². The molecule has 2 aromatic rings. The molecule has 140 valence electrons. The van der Waals surface area contributed by atoms with Gasteiger partial charge in [0.15, 0.2) is 0 Å². The molecular weight excluding hydrogens is 351 g/mol. The van der Waals surface area contributed by atoms with Crippen LogP contribution in [0, 0.1) is 19.7 Å². The fourth-order valence-corrected chi connectivity index (χ4v) is 4.94. The predicted octanol–water partition coefficient (Wildman–Crippen LogP) is 3.34. The molecule has 0 radical (unpaired) electrons. The molecule has 0 aliphatic carbocycles. The van der Waals surface area contributed by atoms with E-state index in [9.17, 15) is 12.8 Å². The van der Waals surface area contributed by atoms with Crippen LogP contribution in [0.3, 0.4) is 0 Å². The monoisotopic (exact) mass is 376 g/mol. The van der Waals surface area contributed by atoms with Crippen LogP contribution < -0.4 is 0 Å². The summed E-state index contributed by atoms with van der Waals surface area (Å²) in [5.74, 6) is -0.684. The molecule has 1 aliphatic rings. The van der Waals surface area contributed by atoms with Crippen LogP contribution in [0.1, 0.15) is 23.1 Å². The normalized spacial score (nSPS) is 17.2. The molecule has 0 atom stereocenters. The largest absolute Gasteiger partial charge is 0.298 e. The first-order chi connectivity index (χ1) is 12.4. The lowest BCUT2D eigenvalue weighted by Gasteiger charge is -2.22. The van der Waals surface area contributed by atoms with Crippen molar-refractivity contribution >= 4 is 10.0 Å². The van der Waals surface area contributed by atoms with Crippen LogP contribution in [0.5, 0.6) is 0 Å². The SMILES string of the molecule is Cc1ccc(F)c(S(=O)(=O)N2CCCN(Cc3ccccc3C)CC2)c1. The Labute approximate surface area is 155 Å². The molecule has 4 nitrogen and oxygen atoms in total. The molecule has 2 aromatic carbocycles. The van der Waals surface area contributed by atoms with Crippen molar-refractivity contribution in [2.24, 2.45) is 0 Å². The van der Waals surface area contributed by atoms with Gasteiger partial charge < -0.3 is 0 Å². The van der Waals surface area contributed by atoms with Crippen LogP contribution in [-0.2, 0) is 16.6 Å². The summed E-state index contributed by atoms with van der Waals surface area (Å²) in [6.07, 6.45) is 0.735. The summed E-state index contributed by atoms with van der Waals surface area (Å²) in [6, 6.07) is 12.5. The number of rotatable bonds is 4. The predicted molar refractivity (Wildman–Crippen MR) is 101 cm³/mol. The van der Waals surface area contributed by atoms with Gasteiger partial charge in [-0.25, -0.2) is 12.8 Å². The van der Waals surface area contributed by atoms with Crippen molar-refractivity contribution < 1.29 is 12.8 Å². The minimum atomic E-state index is -3.81. The highest BCUT2D eigenvalue weighted by molar-refractivity contribution is 7.89. The third-order valence-corrected chi connectivity index (χ3v) is 6.82. The van der Waals surface area contributed by atoms with Crippen LogP contribution >= 0.6 is 0 Å². The summed E-state index contributed by atoms with van der Waals surface area (Å²) in [5.41, 5.74) is 3.23. The van der Waals surface area contributed by atoms with Gasteiger partial charge in [0.2, 0.25) is 10.0 Å². The van der Waals surface area contributed by atoms with E-state index in [1.807, 2.05) is 12.1 Å². The lowest BCUT2D eigenvalue weighted by molar-refractivity contribution is 0.278. The van der Waals surface area contributed by atoms with Gasteiger partial charge in [0.05, 0.1) is 0 Å². The van der Waals surface area contributed by atoms with Gasteiger partial charge in [-0.05, 0) is 55.6 Å². The van der Waals surface area contributed by atoms with Crippen molar-refractivity contribution in [1.29, 1.82) is 0 Å². The highest BCUT2D eigenvalue weighted by Gasteiger charge is 2.29. The Hall–Kier alpha value is -1.76. The van der Waals surface area contributed by atoms with E-state index in [1.165, 1.54) is 27.6 Å². The molecule has 6 heteroatoms. The summed E-state index contributed by atoms with van der Waals surface area (Å²) in [7, 11) is -3.81. The Balaban J connectivity index is 1.74. The number of nitrogens with zero attached hydrogens (tertiary/aromatic N) is 2. The minimum Gasteiger partial charge on any atom is -0.298 e. The quantitative estimate of drug-likeness (QED) is 0.822. The van der Waals surface area contributed by atoms with Crippen molar-refractivity contribution in [1.82, 2.24) is 9.21 Å². The Bertz CT molecular complexity index is 883. The maximum atomic E-state index is 14.1. The van der Waals surface area contributed by atoms with Gasteiger partial charge in [0, 0.05) is 26.2 Å². The molecule has 0 N–H and O–H groups in total. The van der Waals surface area contributed by atoms with Crippen molar-refractivity contribution in [3.63, 3.8) is 0 Å². The molecule has 1 fully saturated rings. The molecule has 1 aliphatic heterocycles. The van der Waals surface area contributed by atoms with E-state index >= 15 is 0 Å². The molecule has 3 rings (SSSR count). The molecular formula is C20H25FN2O2S. The van der Waals surface area contributed by atoms with E-state index in [2.05, 4.69) is 24.0 Å². The summed E-state index contributed by atoms with van der Waals surface area (Å²) in [4.78, 5) is 2.05. The fourth-order valence-electron chi connectivity index (χ4n) is 3.32. The summed E-state index contributed by atoms with van der Waals surface area (Å²) in [6.45, 7) is 6.92. The Kier molecular flexibility index (Phi) is 5.75. The lowest BCUT2D eigenvalue weighted by atomic mass is 10.1. The molecule has 1 heterocycles. The van der Waals surface area contributed by atoms with Crippen LogP contribution in [0.2, 0.25) is 0 Å². The van der Waals surface area contributed by atoms with Gasteiger partial charge in [-0.15, -0.1) is 0 Å². The highest BCUT2D eigenvalue weighted by atomic mass is 32.2. The summed E-state index contributed by atoms with van der Waals surface area (Å²) >= 11 is 0. The fraction of sp³-hybridized carbons (Fsp3) is 0.400. The van der Waals surface area contributed by atoms with E-state index in [0.29, 0.717) is 19.6 Å². The number of sulfonamides is 1. The number of benzene rings is 2. The molecule has 26 heavy (non-hydrogen) atoms. The van der Waals surface area contributed by atoms with E-state index in [0.717, 1.165) is 25.1 Å². The number of halogens is 1. The second kappa shape index (κ2) is 7.86. The molecule has 0 aromatic heterocycles. The van der Waals surface area contributed by atoms with E-state index < -0.39 is 15.8 Å². The van der Waals surface area contributed by atoms with Crippen molar-refractivity contribution in [3.8, 4) is 0 Å². The number of hydrogen-bond donors (Lipinski definition) is 0. The standard InChI is InChI=1S/C20H25FN2O2S/c1-16-8-9-19(21)20(14-16)26(24,25)23-11-5-10-22(12-13-23)15-18-7-4-3-6-17(18)2/h3-4,6-9,14H,5,10-13,15H2,1-2H3. The molecule has 0 amide bonds. The first kappa shape index (κ1) is 19.0. The Morgan fingerprint density at radius 1 is 1.00 bits per heavy atom. The van der Waals surface area contributed by atoms with Crippen molar-refractivity contribution in [2.45, 2.75) is 31.7 Å². The maximum absolute atomic E-state index is 14.1. The summed E-state index contributed by atoms with van der Waals surface area (Å²) in [5, 5.41) is 0. The molecule has 0 spiro atoms. The second-order valence-corrected chi connectivity index (χ2v) is 8.80. The average molecular weight is 376 g/mol. The van der Waals surface area contributed by atoms with Crippen LogP contribution in [0.4, 0.5) is 4.39 Å². The van der Waals surface area contributed by atoms with Crippen molar-refractivity contribution in [2.75, 3.05) is 26.2 Å². The third kappa shape index (κ3) is 4.14. The minimum absolute atomic E-state index is 0.218. The molecule has 0 unspecified atom stereocenters. The Morgan fingerprint density at radius 2 is 1.77 bits per heavy atom. The average Bonchev–Trinajstić information content (AvgIpc) is 2.85. The first-order valence-corrected chi connectivity index (χ1v) is 10.3. The molecule has 0 bridgehead atoms. The van der Waals surface area contributed by atoms with E-state index in [-0.39, 0.29) is 4.90 Å². The third-order valence-electron chi connectivity index (χ3n) is 4.91. The zero-order valence-electron chi connectivity index (χ0n) is 15.3. The van der Waals surface area contributed by atoms with Crippen LogP contribution in [-0.4, -0.2) is 43.8 Å². The van der Waals surface area contributed by atoms with Crippen molar-refractivity contribution in [3.05, 3.63) is 65.0 Å². The van der Waals surface area contributed by atoms with Gasteiger partial charge in [-0.3, -0.25) is 4.90 Å². The van der Waals surface area contributed by atoms with Gasteiger partial charge >= 0.3 is 0 Å². The summed E-state index contributed by atoms with van der Waals surface area (Å²) < 4.78 is 41.3. The van der Waals surface area contributed by atoms with Gasteiger partial charge in [-0.1, -0.05) is 30.3 Å². The first-order valence-electron chi connectivity index (χ1n) is 8.91. The zero-order chi connectivity index (χ0) is 18.7. The smallest absolute Gasteiger partial charge is 0.246 e. The van der Waals surface area contributed by atoms with E-state index in [1.54, 1.807) is 13.0 Å². The lowest BCUT2D eigenvalue weighted by Crippen LogP contribution is -2.35. The Morgan fingerprint density at radius 3 is 2.54 bits per heavy atom. The van der Waals surface area contributed by atoms with Gasteiger partial charge in [0.25, 0.3) is 0 Å².